The number of aromatic amines is 1. The van der Waals surface area contributed by atoms with Gasteiger partial charge in [-0.3, -0.25) is 4.79 Å². The predicted octanol–water partition coefficient (Wildman–Crippen LogP) is 4.87. The van der Waals surface area contributed by atoms with Crippen LogP contribution >= 0.6 is 0 Å². The van der Waals surface area contributed by atoms with Crippen LogP contribution in [0.3, 0.4) is 0 Å². The Labute approximate surface area is 198 Å². The third-order valence-electron chi connectivity index (χ3n) is 7.54. The zero-order valence-corrected chi connectivity index (χ0v) is 19.7. The number of para-hydroxylation sites is 1. The van der Waals surface area contributed by atoms with Crippen molar-refractivity contribution in [1.29, 1.82) is 0 Å². The standard InChI is InChI=1S/C27H30N6O/c1-17-12-13-23-20(14-17)16-22(27(34)28-23)25(32-18(2)15-19-8-6-7-11-24(19)32)26-29-30-31-33(26)21-9-4-3-5-10-21/h6-8,11-14,16,18,21,25H,3-5,9-10,15H2,1-2H3,(H,28,34)/t18-,25-/m0/s1. The van der Waals surface area contributed by atoms with Gasteiger partial charge in [-0.05, 0) is 78.8 Å². The summed E-state index contributed by atoms with van der Waals surface area (Å²) in [4.78, 5) is 19.0. The fourth-order valence-corrected chi connectivity index (χ4v) is 5.91. The lowest BCUT2D eigenvalue weighted by atomic mass is 9.95. The van der Waals surface area contributed by atoms with Crippen LogP contribution in [0.25, 0.3) is 10.9 Å². The van der Waals surface area contributed by atoms with Gasteiger partial charge >= 0.3 is 0 Å². The third kappa shape index (κ3) is 3.50. The first-order chi connectivity index (χ1) is 16.6. The lowest BCUT2D eigenvalue weighted by molar-refractivity contribution is 0.312. The van der Waals surface area contributed by atoms with Crippen molar-refractivity contribution in [3.8, 4) is 0 Å². The van der Waals surface area contributed by atoms with Crippen LogP contribution in [0, 0.1) is 6.92 Å². The van der Waals surface area contributed by atoms with E-state index in [1.165, 1.54) is 24.8 Å². The molecule has 3 heterocycles. The first-order valence-electron chi connectivity index (χ1n) is 12.4. The molecule has 1 fully saturated rings. The molecule has 7 nitrogen and oxygen atoms in total. The minimum Gasteiger partial charge on any atom is -0.354 e. The second kappa shape index (κ2) is 8.38. The quantitative estimate of drug-likeness (QED) is 0.476. The van der Waals surface area contributed by atoms with Crippen LogP contribution in [0.1, 0.15) is 73.6 Å². The molecule has 1 aliphatic carbocycles. The summed E-state index contributed by atoms with van der Waals surface area (Å²) in [5.41, 5.74) is 5.06. The van der Waals surface area contributed by atoms with Crippen LogP contribution in [-0.4, -0.2) is 31.2 Å². The van der Waals surface area contributed by atoms with E-state index in [9.17, 15) is 4.79 Å². The van der Waals surface area contributed by atoms with Gasteiger partial charge in [0.15, 0.2) is 5.82 Å². The molecule has 1 aliphatic heterocycles. The van der Waals surface area contributed by atoms with Gasteiger partial charge in [0.2, 0.25) is 0 Å². The molecule has 2 aliphatic rings. The molecule has 0 amide bonds. The van der Waals surface area contributed by atoms with Crippen molar-refractivity contribution in [2.45, 2.75) is 70.5 Å². The third-order valence-corrected chi connectivity index (χ3v) is 7.54. The Morgan fingerprint density at radius 2 is 1.88 bits per heavy atom. The van der Waals surface area contributed by atoms with Crippen molar-refractivity contribution < 1.29 is 0 Å². The van der Waals surface area contributed by atoms with E-state index in [0.717, 1.165) is 47.2 Å². The second-order valence-corrected chi connectivity index (χ2v) is 9.91. The molecule has 4 aromatic rings. The number of tetrazole rings is 1. The largest absolute Gasteiger partial charge is 0.354 e. The van der Waals surface area contributed by atoms with Gasteiger partial charge in [-0.15, -0.1) is 5.10 Å². The van der Waals surface area contributed by atoms with Crippen molar-refractivity contribution >= 4 is 16.6 Å². The summed E-state index contributed by atoms with van der Waals surface area (Å²) in [6.07, 6.45) is 6.72. The Hall–Kier alpha value is -3.48. The number of hydrogen-bond acceptors (Lipinski definition) is 5. The van der Waals surface area contributed by atoms with E-state index in [1.807, 2.05) is 22.9 Å². The fraction of sp³-hybridized carbons (Fsp3) is 0.407. The first-order valence-corrected chi connectivity index (χ1v) is 12.4. The summed E-state index contributed by atoms with van der Waals surface area (Å²) >= 11 is 0. The van der Waals surface area contributed by atoms with Gasteiger partial charge in [0.25, 0.3) is 5.56 Å². The molecule has 0 saturated heterocycles. The van der Waals surface area contributed by atoms with Crippen LogP contribution < -0.4 is 10.5 Å². The van der Waals surface area contributed by atoms with E-state index in [4.69, 9.17) is 0 Å². The van der Waals surface area contributed by atoms with Crippen molar-refractivity contribution in [1.82, 2.24) is 25.2 Å². The number of benzene rings is 2. The molecular formula is C27H30N6O. The number of fused-ring (bicyclic) bond motifs is 2. The van der Waals surface area contributed by atoms with Gasteiger partial charge in [0, 0.05) is 22.8 Å². The summed E-state index contributed by atoms with van der Waals surface area (Å²) in [5, 5.41) is 14.2. The van der Waals surface area contributed by atoms with Crippen molar-refractivity contribution in [3.63, 3.8) is 0 Å². The number of hydrogen-bond donors (Lipinski definition) is 1. The Kier molecular flexibility index (Phi) is 5.20. The average molecular weight is 455 g/mol. The lowest BCUT2D eigenvalue weighted by Gasteiger charge is -2.34. The number of aryl methyl sites for hydroxylation is 1. The molecule has 1 saturated carbocycles. The summed E-state index contributed by atoms with van der Waals surface area (Å²) < 4.78 is 2.01. The number of nitrogens with zero attached hydrogens (tertiary/aromatic N) is 5. The fourth-order valence-electron chi connectivity index (χ4n) is 5.91. The molecule has 0 unspecified atom stereocenters. The molecule has 2 aromatic carbocycles. The van der Waals surface area contributed by atoms with Gasteiger partial charge in [-0.1, -0.05) is 49.1 Å². The molecule has 7 heteroatoms. The van der Waals surface area contributed by atoms with E-state index >= 15 is 0 Å². The van der Waals surface area contributed by atoms with Gasteiger partial charge in [-0.2, -0.15) is 0 Å². The molecule has 1 N–H and O–H groups in total. The minimum absolute atomic E-state index is 0.0869. The average Bonchev–Trinajstić information content (AvgIpc) is 3.45. The highest BCUT2D eigenvalue weighted by Crippen LogP contribution is 2.41. The highest BCUT2D eigenvalue weighted by Gasteiger charge is 2.38. The number of rotatable bonds is 4. The zero-order chi connectivity index (χ0) is 23.2. The van der Waals surface area contributed by atoms with E-state index in [-0.39, 0.29) is 23.7 Å². The first kappa shape index (κ1) is 21.1. The van der Waals surface area contributed by atoms with Gasteiger partial charge in [-0.25, -0.2) is 4.68 Å². The summed E-state index contributed by atoms with van der Waals surface area (Å²) in [5.74, 6) is 0.757. The molecule has 34 heavy (non-hydrogen) atoms. The number of anilines is 1. The Balaban J connectivity index is 1.57. The number of aromatic nitrogens is 5. The Morgan fingerprint density at radius 3 is 2.74 bits per heavy atom. The highest BCUT2D eigenvalue weighted by molar-refractivity contribution is 5.80. The number of nitrogens with one attached hydrogen (secondary N) is 1. The topological polar surface area (TPSA) is 79.7 Å². The van der Waals surface area contributed by atoms with Gasteiger partial charge < -0.3 is 9.88 Å². The molecule has 0 spiro atoms. The monoisotopic (exact) mass is 454 g/mol. The van der Waals surface area contributed by atoms with Crippen LogP contribution in [0.2, 0.25) is 0 Å². The maximum Gasteiger partial charge on any atom is 0.254 e. The van der Waals surface area contributed by atoms with Crippen LogP contribution in [0.4, 0.5) is 5.69 Å². The maximum atomic E-state index is 13.6. The minimum atomic E-state index is -0.371. The molecule has 2 atom stereocenters. The van der Waals surface area contributed by atoms with Gasteiger partial charge in [0.1, 0.15) is 6.04 Å². The zero-order valence-electron chi connectivity index (χ0n) is 19.7. The van der Waals surface area contributed by atoms with E-state index < -0.39 is 0 Å². The van der Waals surface area contributed by atoms with Crippen molar-refractivity contribution in [2.24, 2.45) is 0 Å². The highest BCUT2D eigenvalue weighted by atomic mass is 16.1. The lowest BCUT2D eigenvalue weighted by Crippen LogP contribution is -2.39. The number of H-pyrrole nitrogens is 1. The Morgan fingerprint density at radius 1 is 1.06 bits per heavy atom. The smallest absolute Gasteiger partial charge is 0.254 e. The van der Waals surface area contributed by atoms with Crippen LogP contribution in [-0.2, 0) is 6.42 Å². The summed E-state index contributed by atoms with van der Waals surface area (Å²) in [6.45, 7) is 4.30. The van der Waals surface area contributed by atoms with E-state index in [1.54, 1.807) is 0 Å². The molecular weight excluding hydrogens is 424 g/mol. The second-order valence-electron chi connectivity index (χ2n) is 9.91. The van der Waals surface area contributed by atoms with Crippen molar-refractivity contribution in [2.75, 3.05) is 4.90 Å². The maximum absolute atomic E-state index is 13.6. The summed E-state index contributed by atoms with van der Waals surface area (Å²) in [6, 6.07) is 16.8. The van der Waals surface area contributed by atoms with E-state index in [2.05, 4.69) is 69.6 Å². The summed E-state index contributed by atoms with van der Waals surface area (Å²) in [7, 11) is 0. The molecule has 6 rings (SSSR count). The number of pyridine rings is 1. The normalized spacial score (nSPS) is 19.5. The molecule has 0 radical (unpaired) electrons. The van der Waals surface area contributed by atoms with Crippen LogP contribution in [0.5, 0.6) is 0 Å². The molecule has 2 aromatic heterocycles. The predicted molar refractivity (Wildman–Crippen MR) is 133 cm³/mol. The SMILES string of the molecule is Cc1ccc2[nH]c(=O)c([C@@H](c3nnnn3C3CCCCC3)N3c4ccccc4C[C@@H]3C)cc2c1. The molecule has 174 valence electrons. The van der Waals surface area contributed by atoms with Gasteiger partial charge in [0.05, 0.1) is 6.04 Å². The van der Waals surface area contributed by atoms with Crippen LogP contribution in [0.15, 0.2) is 53.3 Å². The van der Waals surface area contributed by atoms with Crippen molar-refractivity contribution in [3.05, 3.63) is 81.4 Å². The van der Waals surface area contributed by atoms with E-state index in [0.29, 0.717) is 5.56 Å². The Bertz CT molecular complexity index is 1400. The molecule has 0 bridgehead atoms.